The normalized spacial score (nSPS) is 21.1. The van der Waals surface area contributed by atoms with Gasteiger partial charge < -0.3 is 10.6 Å². The van der Waals surface area contributed by atoms with E-state index in [2.05, 4.69) is 29.8 Å². The molecular formula is C13H21N3. The van der Waals surface area contributed by atoms with Crippen LogP contribution < -0.4 is 10.6 Å². The molecule has 3 heteroatoms. The van der Waals surface area contributed by atoms with Crippen LogP contribution in [0.25, 0.3) is 0 Å². The van der Waals surface area contributed by atoms with Crippen LogP contribution in [-0.4, -0.2) is 18.1 Å². The van der Waals surface area contributed by atoms with Gasteiger partial charge in [-0.1, -0.05) is 19.9 Å². The molecule has 1 aliphatic heterocycles. The lowest BCUT2D eigenvalue weighted by molar-refractivity contribution is 0.418. The Morgan fingerprint density at radius 3 is 2.81 bits per heavy atom. The first-order valence-electron chi connectivity index (χ1n) is 5.95. The summed E-state index contributed by atoms with van der Waals surface area (Å²) in [5.74, 6) is 1.07. The Bertz CT molecular complexity index is 371. The van der Waals surface area contributed by atoms with Gasteiger partial charge in [0.15, 0.2) is 0 Å². The van der Waals surface area contributed by atoms with Gasteiger partial charge in [-0.05, 0) is 24.8 Å². The van der Waals surface area contributed by atoms with Crippen LogP contribution in [0.2, 0.25) is 0 Å². The molecule has 88 valence electrons. The minimum atomic E-state index is 0.0485. The highest BCUT2D eigenvalue weighted by Crippen LogP contribution is 2.33. The van der Waals surface area contributed by atoms with Crippen molar-refractivity contribution in [3.8, 4) is 0 Å². The van der Waals surface area contributed by atoms with Crippen LogP contribution in [0.4, 0.5) is 5.82 Å². The first kappa shape index (κ1) is 11.4. The summed E-state index contributed by atoms with van der Waals surface area (Å²) in [7, 11) is 0. The van der Waals surface area contributed by atoms with E-state index in [0.717, 1.165) is 24.5 Å². The molecule has 0 saturated carbocycles. The lowest BCUT2D eigenvalue weighted by atomic mass is 9.93. The molecule has 1 atom stereocenters. The predicted octanol–water partition coefficient (Wildman–Crippen LogP) is 2.34. The number of nitrogens with zero attached hydrogens (tertiary/aromatic N) is 2. The molecule has 1 unspecified atom stereocenters. The van der Waals surface area contributed by atoms with Gasteiger partial charge in [0.1, 0.15) is 5.82 Å². The molecule has 0 amide bonds. The van der Waals surface area contributed by atoms with Crippen LogP contribution in [0.5, 0.6) is 0 Å². The molecule has 0 radical (unpaired) electrons. The Morgan fingerprint density at radius 1 is 1.50 bits per heavy atom. The maximum Gasteiger partial charge on any atom is 0.133 e. The predicted molar refractivity (Wildman–Crippen MR) is 67.5 cm³/mol. The summed E-state index contributed by atoms with van der Waals surface area (Å²) < 4.78 is 0. The van der Waals surface area contributed by atoms with Crippen molar-refractivity contribution in [2.24, 2.45) is 11.1 Å². The monoisotopic (exact) mass is 219 g/mol. The van der Waals surface area contributed by atoms with E-state index in [-0.39, 0.29) is 6.04 Å². The standard InChI is InChI=1S/C13H21N3/c1-10(14)11-5-4-7-15-12(11)16-8-6-13(2,3)9-16/h4-5,7,10H,6,8-9,14H2,1-3H3. The maximum absolute atomic E-state index is 5.98. The third-order valence-electron chi connectivity index (χ3n) is 3.28. The topological polar surface area (TPSA) is 42.1 Å². The Morgan fingerprint density at radius 2 is 2.25 bits per heavy atom. The van der Waals surface area contributed by atoms with Gasteiger partial charge in [-0.25, -0.2) is 4.98 Å². The van der Waals surface area contributed by atoms with Crippen LogP contribution in [0.15, 0.2) is 18.3 Å². The summed E-state index contributed by atoms with van der Waals surface area (Å²) in [5.41, 5.74) is 7.53. The van der Waals surface area contributed by atoms with Gasteiger partial charge >= 0.3 is 0 Å². The zero-order valence-electron chi connectivity index (χ0n) is 10.4. The molecule has 1 aliphatic rings. The van der Waals surface area contributed by atoms with Gasteiger partial charge in [0.05, 0.1) is 0 Å². The molecule has 0 aromatic carbocycles. The van der Waals surface area contributed by atoms with E-state index < -0.39 is 0 Å². The van der Waals surface area contributed by atoms with Crippen molar-refractivity contribution in [3.63, 3.8) is 0 Å². The summed E-state index contributed by atoms with van der Waals surface area (Å²) in [6.45, 7) is 8.79. The number of rotatable bonds is 2. The van der Waals surface area contributed by atoms with E-state index in [1.165, 1.54) is 6.42 Å². The molecular weight excluding hydrogens is 198 g/mol. The largest absolute Gasteiger partial charge is 0.356 e. The van der Waals surface area contributed by atoms with Gasteiger partial charge in [-0.3, -0.25) is 0 Å². The van der Waals surface area contributed by atoms with Crippen molar-refractivity contribution >= 4 is 5.82 Å². The molecule has 16 heavy (non-hydrogen) atoms. The van der Waals surface area contributed by atoms with Crippen molar-refractivity contribution in [3.05, 3.63) is 23.9 Å². The maximum atomic E-state index is 5.98. The summed E-state index contributed by atoms with van der Waals surface area (Å²) in [6, 6.07) is 4.09. The van der Waals surface area contributed by atoms with E-state index >= 15 is 0 Å². The molecule has 0 aliphatic carbocycles. The van der Waals surface area contributed by atoms with E-state index in [4.69, 9.17) is 5.73 Å². The van der Waals surface area contributed by atoms with Crippen LogP contribution in [0.1, 0.15) is 38.8 Å². The fraction of sp³-hybridized carbons (Fsp3) is 0.615. The second kappa shape index (κ2) is 4.06. The smallest absolute Gasteiger partial charge is 0.133 e. The van der Waals surface area contributed by atoms with Crippen LogP contribution in [0, 0.1) is 5.41 Å². The van der Waals surface area contributed by atoms with Crippen molar-refractivity contribution in [1.82, 2.24) is 4.98 Å². The number of pyridine rings is 1. The van der Waals surface area contributed by atoms with Crippen molar-refractivity contribution in [2.45, 2.75) is 33.2 Å². The van der Waals surface area contributed by atoms with E-state index in [9.17, 15) is 0 Å². The lowest BCUT2D eigenvalue weighted by Gasteiger charge is -2.23. The van der Waals surface area contributed by atoms with Gasteiger partial charge in [0.2, 0.25) is 0 Å². The summed E-state index contributed by atoms with van der Waals surface area (Å²) in [4.78, 5) is 6.85. The number of aromatic nitrogens is 1. The molecule has 1 fully saturated rings. The van der Waals surface area contributed by atoms with E-state index in [1.54, 1.807) is 0 Å². The zero-order valence-corrected chi connectivity index (χ0v) is 10.4. The van der Waals surface area contributed by atoms with Gasteiger partial charge in [-0.15, -0.1) is 0 Å². The first-order valence-corrected chi connectivity index (χ1v) is 5.95. The number of nitrogens with two attached hydrogens (primary N) is 1. The average Bonchev–Trinajstić information content (AvgIpc) is 2.59. The highest BCUT2D eigenvalue weighted by Gasteiger charge is 2.31. The molecule has 2 heterocycles. The number of hydrogen-bond donors (Lipinski definition) is 1. The third kappa shape index (κ3) is 2.19. The molecule has 2 rings (SSSR count). The Labute approximate surface area is 97.7 Å². The Hall–Kier alpha value is -1.09. The van der Waals surface area contributed by atoms with E-state index in [1.807, 2.05) is 19.2 Å². The summed E-state index contributed by atoms with van der Waals surface area (Å²) in [6.07, 6.45) is 3.08. The molecule has 3 nitrogen and oxygen atoms in total. The molecule has 1 aromatic rings. The summed E-state index contributed by atoms with van der Waals surface area (Å²) in [5, 5.41) is 0. The second-order valence-corrected chi connectivity index (χ2v) is 5.54. The van der Waals surface area contributed by atoms with Gasteiger partial charge in [-0.2, -0.15) is 0 Å². The van der Waals surface area contributed by atoms with Crippen LogP contribution in [-0.2, 0) is 0 Å². The highest BCUT2D eigenvalue weighted by molar-refractivity contribution is 5.49. The zero-order chi connectivity index (χ0) is 11.8. The molecule has 1 aromatic heterocycles. The van der Waals surface area contributed by atoms with Crippen molar-refractivity contribution in [2.75, 3.05) is 18.0 Å². The third-order valence-corrected chi connectivity index (χ3v) is 3.28. The Kier molecular flexibility index (Phi) is 2.89. The van der Waals surface area contributed by atoms with Crippen molar-refractivity contribution in [1.29, 1.82) is 0 Å². The quantitative estimate of drug-likeness (QED) is 0.830. The molecule has 1 saturated heterocycles. The minimum Gasteiger partial charge on any atom is -0.356 e. The molecule has 0 spiro atoms. The Balaban J connectivity index is 2.28. The second-order valence-electron chi connectivity index (χ2n) is 5.54. The number of hydrogen-bond acceptors (Lipinski definition) is 3. The average molecular weight is 219 g/mol. The van der Waals surface area contributed by atoms with Gasteiger partial charge in [0.25, 0.3) is 0 Å². The fourth-order valence-electron chi connectivity index (χ4n) is 2.32. The first-order chi connectivity index (χ1) is 7.49. The molecule has 2 N–H and O–H groups in total. The minimum absolute atomic E-state index is 0.0485. The lowest BCUT2D eigenvalue weighted by Crippen LogP contribution is -2.25. The van der Waals surface area contributed by atoms with Crippen LogP contribution in [0.3, 0.4) is 0 Å². The number of anilines is 1. The fourth-order valence-corrected chi connectivity index (χ4v) is 2.32. The van der Waals surface area contributed by atoms with Crippen LogP contribution >= 0.6 is 0 Å². The van der Waals surface area contributed by atoms with Crippen molar-refractivity contribution < 1.29 is 0 Å². The summed E-state index contributed by atoms with van der Waals surface area (Å²) >= 11 is 0. The van der Waals surface area contributed by atoms with Gasteiger partial charge in [0, 0.05) is 30.9 Å². The SMILES string of the molecule is CC(N)c1cccnc1N1CCC(C)(C)C1. The van der Waals surface area contributed by atoms with E-state index in [0.29, 0.717) is 5.41 Å². The molecule has 0 bridgehead atoms. The highest BCUT2D eigenvalue weighted by atomic mass is 15.2.